The average Bonchev–Trinajstić information content (AvgIpc) is 2.52. The highest BCUT2D eigenvalue weighted by atomic mass is 32.1. The summed E-state index contributed by atoms with van der Waals surface area (Å²) in [5.41, 5.74) is 5.61. The monoisotopic (exact) mass is 186 g/mol. The van der Waals surface area contributed by atoms with Crippen LogP contribution in [0.5, 0.6) is 0 Å². The molecular weight excluding hydrogens is 176 g/mol. The summed E-state index contributed by atoms with van der Waals surface area (Å²) in [6.07, 6.45) is 0. The van der Waals surface area contributed by atoms with Gasteiger partial charge in [0.15, 0.2) is 5.78 Å². The molecule has 1 aromatic rings. The molecule has 0 atom stereocenters. The number of rotatable bonds is 4. The maximum atomic E-state index is 11.0. The van der Waals surface area contributed by atoms with E-state index in [1.165, 1.54) is 11.3 Å². The summed E-state index contributed by atoms with van der Waals surface area (Å²) < 4.78 is 4.86. The van der Waals surface area contributed by atoms with Gasteiger partial charge in [-0.1, -0.05) is 0 Å². The van der Waals surface area contributed by atoms with Crippen molar-refractivity contribution >= 4 is 17.1 Å². The minimum absolute atomic E-state index is 0.0101. The molecule has 12 heavy (non-hydrogen) atoms. The third-order valence-electron chi connectivity index (χ3n) is 1.29. The highest BCUT2D eigenvalue weighted by Crippen LogP contribution is 2.10. The van der Waals surface area contributed by atoms with Gasteiger partial charge in [-0.3, -0.25) is 4.79 Å². The first-order valence-electron chi connectivity index (χ1n) is 3.44. The Balaban J connectivity index is 2.70. The van der Waals surface area contributed by atoms with E-state index in [4.69, 9.17) is 10.5 Å². The number of ketones is 1. The molecule has 1 aromatic heterocycles. The second-order valence-corrected chi connectivity index (χ2v) is 3.13. The maximum Gasteiger partial charge on any atom is 0.195 e. The summed E-state index contributed by atoms with van der Waals surface area (Å²) in [4.78, 5) is 15.0. The van der Waals surface area contributed by atoms with E-state index in [0.717, 1.165) is 5.01 Å². The van der Waals surface area contributed by atoms with Crippen molar-refractivity contribution in [1.29, 1.82) is 0 Å². The molecular formula is C7H10N2O2S. The van der Waals surface area contributed by atoms with Crippen LogP contribution in [0.3, 0.4) is 0 Å². The van der Waals surface area contributed by atoms with Crippen molar-refractivity contribution in [1.82, 2.24) is 4.98 Å². The number of hydrogen-bond donors (Lipinski definition) is 1. The topological polar surface area (TPSA) is 65.2 Å². The molecule has 0 aromatic carbocycles. The minimum atomic E-state index is -0.131. The minimum Gasteiger partial charge on any atom is -0.378 e. The number of Topliss-reactive ketones (excluding diaryl/α,β-unsaturated/α-hetero) is 1. The lowest BCUT2D eigenvalue weighted by Crippen LogP contribution is -2.13. The van der Waals surface area contributed by atoms with E-state index < -0.39 is 0 Å². The fourth-order valence-electron chi connectivity index (χ4n) is 0.733. The molecule has 0 saturated heterocycles. The SMILES string of the molecule is COCc1nc(C(=O)CN)cs1. The largest absolute Gasteiger partial charge is 0.378 e. The van der Waals surface area contributed by atoms with Gasteiger partial charge >= 0.3 is 0 Å². The smallest absolute Gasteiger partial charge is 0.195 e. The molecule has 0 aliphatic rings. The Morgan fingerprint density at radius 1 is 1.83 bits per heavy atom. The van der Waals surface area contributed by atoms with Crippen LogP contribution in [0.1, 0.15) is 15.5 Å². The molecule has 0 aliphatic carbocycles. The normalized spacial score (nSPS) is 10.2. The van der Waals surface area contributed by atoms with Crippen molar-refractivity contribution in [3.63, 3.8) is 0 Å². The molecule has 0 fully saturated rings. The Hall–Kier alpha value is -0.780. The lowest BCUT2D eigenvalue weighted by Gasteiger charge is -1.90. The van der Waals surface area contributed by atoms with Crippen LogP contribution in [0, 0.1) is 0 Å². The second-order valence-electron chi connectivity index (χ2n) is 2.19. The number of nitrogens with zero attached hydrogens (tertiary/aromatic N) is 1. The van der Waals surface area contributed by atoms with Gasteiger partial charge in [-0.25, -0.2) is 4.98 Å². The van der Waals surface area contributed by atoms with E-state index in [2.05, 4.69) is 4.98 Å². The molecule has 66 valence electrons. The predicted molar refractivity (Wildman–Crippen MR) is 46.2 cm³/mol. The number of hydrogen-bond acceptors (Lipinski definition) is 5. The van der Waals surface area contributed by atoms with Gasteiger partial charge in [0.05, 0.1) is 13.2 Å². The molecule has 4 nitrogen and oxygen atoms in total. The molecule has 0 amide bonds. The number of carbonyl (C=O) groups excluding carboxylic acids is 1. The van der Waals surface area contributed by atoms with Crippen LogP contribution >= 0.6 is 11.3 Å². The molecule has 0 spiro atoms. The third kappa shape index (κ3) is 2.10. The van der Waals surface area contributed by atoms with Crippen LogP contribution in [0.25, 0.3) is 0 Å². The zero-order chi connectivity index (χ0) is 8.97. The Bertz CT molecular complexity index is 272. The Morgan fingerprint density at radius 3 is 3.17 bits per heavy atom. The molecule has 5 heteroatoms. The van der Waals surface area contributed by atoms with Crippen LogP contribution in [0.2, 0.25) is 0 Å². The van der Waals surface area contributed by atoms with E-state index in [9.17, 15) is 4.79 Å². The number of thiazole rings is 1. The van der Waals surface area contributed by atoms with Gasteiger partial charge in [0.2, 0.25) is 0 Å². The summed E-state index contributed by atoms with van der Waals surface area (Å²) in [6.45, 7) is 0.457. The Morgan fingerprint density at radius 2 is 2.58 bits per heavy atom. The third-order valence-corrected chi connectivity index (χ3v) is 2.11. The molecule has 0 aliphatic heterocycles. The lowest BCUT2D eigenvalue weighted by atomic mass is 10.3. The van der Waals surface area contributed by atoms with E-state index in [1.807, 2.05) is 0 Å². The zero-order valence-electron chi connectivity index (χ0n) is 6.74. The number of ether oxygens (including phenoxy) is 1. The van der Waals surface area contributed by atoms with Gasteiger partial charge in [0, 0.05) is 12.5 Å². The van der Waals surface area contributed by atoms with E-state index in [1.54, 1.807) is 12.5 Å². The first kappa shape index (κ1) is 9.31. The second kappa shape index (κ2) is 4.30. The van der Waals surface area contributed by atoms with Crippen molar-refractivity contribution < 1.29 is 9.53 Å². The van der Waals surface area contributed by atoms with Crippen molar-refractivity contribution in [2.75, 3.05) is 13.7 Å². The number of nitrogens with two attached hydrogens (primary N) is 1. The molecule has 0 saturated carbocycles. The van der Waals surface area contributed by atoms with Gasteiger partial charge in [-0.05, 0) is 0 Å². The quantitative estimate of drug-likeness (QED) is 0.692. The average molecular weight is 186 g/mol. The van der Waals surface area contributed by atoms with Crippen LogP contribution in [0.4, 0.5) is 0 Å². The summed E-state index contributed by atoms with van der Waals surface area (Å²) in [5, 5.41) is 2.50. The van der Waals surface area contributed by atoms with E-state index in [0.29, 0.717) is 12.3 Å². The maximum absolute atomic E-state index is 11.0. The summed E-state index contributed by atoms with van der Waals surface area (Å²) in [7, 11) is 1.59. The first-order valence-corrected chi connectivity index (χ1v) is 4.32. The van der Waals surface area contributed by atoms with E-state index in [-0.39, 0.29) is 12.3 Å². The van der Waals surface area contributed by atoms with Crippen LogP contribution < -0.4 is 5.73 Å². The van der Waals surface area contributed by atoms with Crippen molar-refractivity contribution in [2.45, 2.75) is 6.61 Å². The van der Waals surface area contributed by atoms with Crippen LogP contribution in [-0.4, -0.2) is 24.4 Å². The summed E-state index contributed by atoms with van der Waals surface area (Å²) in [6, 6.07) is 0. The van der Waals surface area contributed by atoms with Crippen molar-refractivity contribution in [3.8, 4) is 0 Å². The highest BCUT2D eigenvalue weighted by molar-refractivity contribution is 7.09. The number of aromatic nitrogens is 1. The van der Waals surface area contributed by atoms with Gasteiger partial charge in [-0.15, -0.1) is 11.3 Å². The van der Waals surface area contributed by atoms with Gasteiger partial charge < -0.3 is 10.5 Å². The molecule has 0 unspecified atom stereocenters. The standard InChI is InChI=1S/C7H10N2O2S/c1-11-3-7-9-5(4-12-7)6(10)2-8/h4H,2-3,8H2,1H3. The Kier molecular flexibility index (Phi) is 3.33. The fourth-order valence-corrected chi connectivity index (χ4v) is 1.50. The van der Waals surface area contributed by atoms with Crippen molar-refractivity contribution in [3.05, 3.63) is 16.1 Å². The summed E-state index contributed by atoms with van der Waals surface area (Å²) in [5.74, 6) is -0.131. The lowest BCUT2D eigenvalue weighted by molar-refractivity contribution is 0.0996. The van der Waals surface area contributed by atoms with Crippen LogP contribution in [0.15, 0.2) is 5.38 Å². The fraction of sp³-hybridized carbons (Fsp3) is 0.429. The number of carbonyl (C=O) groups is 1. The number of methoxy groups -OCH3 is 1. The van der Waals surface area contributed by atoms with E-state index >= 15 is 0 Å². The van der Waals surface area contributed by atoms with Gasteiger partial charge in [0.1, 0.15) is 10.7 Å². The molecule has 0 radical (unpaired) electrons. The molecule has 2 N–H and O–H groups in total. The van der Waals surface area contributed by atoms with Crippen molar-refractivity contribution in [2.24, 2.45) is 5.73 Å². The molecule has 1 rings (SSSR count). The van der Waals surface area contributed by atoms with Gasteiger partial charge in [-0.2, -0.15) is 0 Å². The van der Waals surface area contributed by atoms with Gasteiger partial charge in [0.25, 0.3) is 0 Å². The highest BCUT2D eigenvalue weighted by Gasteiger charge is 2.07. The first-order chi connectivity index (χ1) is 5.77. The molecule has 1 heterocycles. The zero-order valence-corrected chi connectivity index (χ0v) is 7.56. The predicted octanol–water partition coefficient (Wildman–Crippen LogP) is 0.431. The molecule has 0 bridgehead atoms. The Labute approximate surface area is 74.4 Å². The van der Waals surface area contributed by atoms with Crippen LogP contribution in [-0.2, 0) is 11.3 Å². The summed E-state index contributed by atoms with van der Waals surface area (Å²) >= 11 is 1.41.